The van der Waals surface area contributed by atoms with E-state index in [1.165, 1.54) is 5.06 Å². The first-order valence-electron chi connectivity index (χ1n) is 6.46. The zero-order chi connectivity index (χ0) is 14.0. The molecule has 0 aromatic carbocycles. The Hall–Kier alpha value is 0.120. The molecule has 0 aromatic rings. The van der Waals surface area contributed by atoms with E-state index < -0.39 is 5.54 Å². The van der Waals surface area contributed by atoms with Crippen LogP contribution in [0.5, 0.6) is 0 Å². The van der Waals surface area contributed by atoms with Crippen molar-refractivity contribution in [2.75, 3.05) is 4.43 Å². The number of halogens is 1. The molecule has 1 unspecified atom stereocenters. The first-order valence-corrected chi connectivity index (χ1v) is 7.99. The molecule has 106 valence electrons. The Bertz CT molecular complexity index is 305. The molecule has 1 aliphatic rings. The summed E-state index contributed by atoms with van der Waals surface area (Å²) in [6, 6.07) is 0. The fraction of sp³-hybridized carbons (Fsp3) is 0.923. The van der Waals surface area contributed by atoms with Gasteiger partial charge < -0.3 is 9.94 Å². The lowest BCUT2D eigenvalue weighted by Gasteiger charge is -2.35. The quantitative estimate of drug-likeness (QED) is 0.350. The predicted octanol–water partition coefficient (Wildman–Crippen LogP) is 3.16. The molecule has 1 N–H and O–H groups in total. The van der Waals surface area contributed by atoms with Crippen LogP contribution in [0.1, 0.15) is 53.4 Å². The van der Waals surface area contributed by atoms with Gasteiger partial charge in [0, 0.05) is 18.4 Å². The molecule has 18 heavy (non-hydrogen) atoms. The maximum Gasteiger partial charge on any atom is 0.306 e. The number of hydrogen-bond acceptors (Lipinski definition) is 4. The number of carbonyl (C=O) groups is 1. The SMILES string of the molecule is CC1(C)CC(OC(=O)CCCCI)C(C)(C)N1O. The summed E-state index contributed by atoms with van der Waals surface area (Å²) in [4.78, 5) is 11.8. The summed E-state index contributed by atoms with van der Waals surface area (Å²) in [6.45, 7) is 7.73. The van der Waals surface area contributed by atoms with Gasteiger partial charge in [-0.2, -0.15) is 5.06 Å². The average molecular weight is 369 g/mol. The van der Waals surface area contributed by atoms with Gasteiger partial charge in [-0.05, 0) is 45.0 Å². The van der Waals surface area contributed by atoms with Crippen molar-refractivity contribution in [3.05, 3.63) is 0 Å². The van der Waals surface area contributed by atoms with Crippen LogP contribution in [0.15, 0.2) is 0 Å². The van der Waals surface area contributed by atoms with Crippen LogP contribution in [0.3, 0.4) is 0 Å². The highest BCUT2D eigenvalue weighted by Gasteiger charge is 2.53. The zero-order valence-corrected chi connectivity index (χ0v) is 13.9. The van der Waals surface area contributed by atoms with Crippen LogP contribution in [0, 0.1) is 0 Å². The maximum atomic E-state index is 11.8. The number of hydrogen-bond donors (Lipinski definition) is 1. The Balaban J connectivity index is 2.55. The smallest absolute Gasteiger partial charge is 0.306 e. The number of hydroxylamine groups is 2. The lowest BCUT2D eigenvalue weighted by molar-refractivity contribution is -0.205. The third-order valence-electron chi connectivity index (χ3n) is 3.63. The van der Waals surface area contributed by atoms with Crippen LogP contribution in [-0.4, -0.2) is 37.8 Å². The highest BCUT2D eigenvalue weighted by molar-refractivity contribution is 14.1. The first kappa shape index (κ1) is 16.2. The van der Waals surface area contributed by atoms with Gasteiger partial charge in [-0.25, -0.2) is 0 Å². The fourth-order valence-corrected chi connectivity index (χ4v) is 3.01. The monoisotopic (exact) mass is 369 g/mol. The molecule has 1 saturated heterocycles. The van der Waals surface area contributed by atoms with E-state index >= 15 is 0 Å². The normalized spacial score (nSPS) is 26.2. The summed E-state index contributed by atoms with van der Waals surface area (Å²) in [5.41, 5.74) is -0.876. The fourth-order valence-electron chi connectivity index (χ4n) is 2.47. The van der Waals surface area contributed by atoms with E-state index in [-0.39, 0.29) is 17.6 Å². The minimum Gasteiger partial charge on any atom is -0.460 e. The van der Waals surface area contributed by atoms with Crippen molar-refractivity contribution < 1.29 is 14.7 Å². The van der Waals surface area contributed by atoms with E-state index in [0.717, 1.165) is 17.3 Å². The summed E-state index contributed by atoms with van der Waals surface area (Å²) in [7, 11) is 0. The van der Waals surface area contributed by atoms with Gasteiger partial charge in [0.15, 0.2) is 0 Å². The number of alkyl halides is 1. The molecule has 1 aliphatic heterocycles. The van der Waals surface area contributed by atoms with Gasteiger partial charge in [0.2, 0.25) is 0 Å². The summed E-state index contributed by atoms with van der Waals surface area (Å²) in [5, 5.41) is 11.4. The minimum absolute atomic E-state index is 0.149. The van der Waals surface area contributed by atoms with Crippen molar-refractivity contribution >= 4 is 28.6 Å². The molecule has 0 amide bonds. The molecular weight excluding hydrogens is 345 g/mol. The standard InChI is InChI=1S/C13H24INO3/c1-12(2)9-10(13(3,4)15(12)17)18-11(16)7-5-6-8-14/h10,17H,5-9H2,1-4H3. The molecule has 0 spiro atoms. The van der Waals surface area contributed by atoms with Crippen molar-refractivity contribution in [3.63, 3.8) is 0 Å². The van der Waals surface area contributed by atoms with Gasteiger partial charge in [0.05, 0.1) is 5.54 Å². The van der Waals surface area contributed by atoms with Crippen molar-refractivity contribution in [2.45, 2.75) is 70.6 Å². The summed E-state index contributed by atoms with van der Waals surface area (Å²) < 4.78 is 6.60. The largest absolute Gasteiger partial charge is 0.460 e. The molecule has 0 bridgehead atoms. The number of unbranched alkanes of at least 4 members (excludes halogenated alkanes) is 1. The molecular formula is C13H24INO3. The van der Waals surface area contributed by atoms with Crippen molar-refractivity contribution in [3.8, 4) is 0 Å². The average Bonchev–Trinajstić information content (AvgIpc) is 2.40. The van der Waals surface area contributed by atoms with E-state index in [1.54, 1.807) is 0 Å². The Morgan fingerprint density at radius 2 is 2.00 bits per heavy atom. The van der Waals surface area contributed by atoms with Crippen molar-refractivity contribution in [2.24, 2.45) is 0 Å². The van der Waals surface area contributed by atoms with Gasteiger partial charge in [0.25, 0.3) is 0 Å². The molecule has 0 aromatic heterocycles. The Labute approximate surface area is 123 Å². The number of esters is 1. The van der Waals surface area contributed by atoms with Gasteiger partial charge in [-0.3, -0.25) is 4.79 Å². The third kappa shape index (κ3) is 3.57. The number of carbonyl (C=O) groups excluding carboxylic acids is 1. The third-order valence-corrected chi connectivity index (χ3v) is 4.39. The van der Waals surface area contributed by atoms with Crippen LogP contribution < -0.4 is 0 Å². The highest BCUT2D eigenvalue weighted by Crippen LogP contribution is 2.40. The maximum absolute atomic E-state index is 11.8. The predicted molar refractivity (Wildman–Crippen MR) is 79.0 cm³/mol. The molecule has 1 heterocycles. The van der Waals surface area contributed by atoms with Crippen LogP contribution in [0.2, 0.25) is 0 Å². The van der Waals surface area contributed by atoms with Gasteiger partial charge >= 0.3 is 5.97 Å². The van der Waals surface area contributed by atoms with Gasteiger partial charge in [0.1, 0.15) is 6.10 Å². The van der Waals surface area contributed by atoms with Crippen molar-refractivity contribution in [1.82, 2.24) is 5.06 Å². The summed E-state index contributed by atoms with van der Waals surface area (Å²) in [5.74, 6) is -0.149. The second-order valence-corrected chi connectivity index (χ2v) is 7.19. The van der Waals surface area contributed by atoms with E-state index in [2.05, 4.69) is 22.6 Å². The van der Waals surface area contributed by atoms with Gasteiger partial charge in [-0.1, -0.05) is 22.6 Å². The molecule has 0 aliphatic carbocycles. The van der Waals surface area contributed by atoms with Crippen molar-refractivity contribution in [1.29, 1.82) is 0 Å². The van der Waals surface area contributed by atoms with E-state index in [4.69, 9.17) is 4.74 Å². The van der Waals surface area contributed by atoms with E-state index in [1.807, 2.05) is 27.7 Å². The second kappa shape index (κ2) is 6.05. The van der Waals surface area contributed by atoms with Crippen LogP contribution in [0.4, 0.5) is 0 Å². The number of ether oxygens (including phenoxy) is 1. The molecule has 1 rings (SSSR count). The van der Waals surface area contributed by atoms with Crippen LogP contribution in [0.25, 0.3) is 0 Å². The molecule has 4 nitrogen and oxygen atoms in total. The molecule has 1 fully saturated rings. The summed E-state index contributed by atoms with van der Waals surface area (Å²) in [6.07, 6.45) is 2.81. The Morgan fingerprint density at radius 3 is 2.44 bits per heavy atom. The second-order valence-electron chi connectivity index (χ2n) is 6.11. The number of nitrogens with zero attached hydrogens (tertiary/aromatic N) is 1. The highest BCUT2D eigenvalue weighted by atomic mass is 127. The zero-order valence-electron chi connectivity index (χ0n) is 11.7. The molecule has 0 saturated carbocycles. The van der Waals surface area contributed by atoms with Crippen LogP contribution >= 0.6 is 22.6 Å². The molecule has 0 radical (unpaired) electrons. The topological polar surface area (TPSA) is 49.8 Å². The molecule has 5 heteroatoms. The molecule has 1 atom stereocenters. The van der Waals surface area contributed by atoms with E-state index in [0.29, 0.717) is 12.8 Å². The first-order chi connectivity index (χ1) is 8.21. The summed E-state index contributed by atoms with van der Waals surface area (Å²) >= 11 is 2.31. The Morgan fingerprint density at radius 1 is 1.39 bits per heavy atom. The van der Waals surface area contributed by atoms with Gasteiger partial charge in [-0.15, -0.1) is 0 Å². The van der Waals surface area contributed by atoms with E-state index in [9.17, 15) is 10.0 Å². The lowest BCUT2D eigenvalue weighted by atomic mass is 9.97. The lowest BCUT2D eigenvalue weighted by Crippen LogP contribution is -2.49. The Kier molecular flexibility index (Phi) is 5.44. The minimum atomic E-state index is -0.525. The van der Waals surface area contributed by atoms with Crippen LogP contribution in [-0.2, 0) is 9.53 Å². The number of rotatable bonds is 5.